The second-order valence-electron chi connectivity index (χ2n) is 11.9. The molecule has 2 unspecified atom stereocenters. The zero-order chi connectivity index (χ0) is 29.4. The maximum atomic E-state index is 14.3. The molecule has 0 aromatic heterocycles. The van der Waals surface area contributed by atoms with Gasteiger partial charge in [0, 0.05) is 29.8 Å². The summed E-state index contributed by atoms with van der Waals surface area (Å²) in [6, 6.07) is 18.7. The van der Waals surface area contributed by atoms with E-state index in [0.29, 0.717) is 12.1 Å². The average Bonchev–Trinajstić information content (AvgIpc) is 3.14. The molecule has 0 saturated carbocycles. The molecule has 0 radical (unpaired) electrons. The minimum atomic E-state index is -1.16. The summed E-state index contributed by atoms with van der Waals surface area (Å²) in [5.41, 5.74) is 5.89. The molecular formula is C33H39FN2O4. The van der Waals surface area contributed by atoms with Crippen LogP contribution in [0.5, 0.6) is 5.75 Å². The first-order valence-electron chi connectivity index (χ1n) is 13.8. The number of nitrogens with zero attached hydrogens (tertiary/aromatic N) is 1. The number of hydrogen-bond acceptors (Lipinski definition) is 4. The van der Waals surface area contributed by atoms with E-state index in [1.807, 2.05) is 25.1 Å². The number of ether oxygens (including phenoxy) is 1. The van der Waals surface area contributed by atoms with Crippen LogP contribution in [0.1, 0.15) is 93.0 Å². The lowest BCUT2D eigenvalue weighted by atomic mass is 9.86. The number of carboxylic acid groups (broad SMARTS) is 1. The molecule has 6 nitrogen and oxygen atoms in total. The summed E-state index contributed by atoms with van der Waals surface area (Å²) in [5.74, 6) is -1.79. The van der Waals surface area contributed by atoms with Gasteiger partial charge < -0.3 is 20.1 Å². The molecule has 0 aliphatic carbocycles. The van der Waals surface area contributed by atoms with Crippen molar-refractivity contribution in [1.82, 2.24) is 5.32 Å². The molecule has 4 atom stereocenters. The zero-order valence-corrected chi connectivity index (χ0v) is 24.3. The van der Waals surface area contributed by atoms with Gasteiger partial charge in [-0.3, -0.25) is 4.79 Å². The number of aliphatic carboxylic acids is 1. The molecule has 4 rings (SSSR count). The number of anilines is 1. The third-order valence-corrected chi connectivity index (χ3v) is 7.93. The number of benzene rings is 3. The van der Waals surface area contributed by atoms with Gasteiger partial charge in [0.1, 0.15) is 0 Å². The van der Waals surface area contributed by atoms with Crippen LogP contribution in [0, 0.1) is 5.82 Å². The van der Waals surface area contributed by atoms with Gasteiger partial charge in [0.2, 0.25) is 0 Å². The van der Waals surface area contributed by atoms with Gasteiger partial charge in [-0.2, -0.15) is 0 Å². The highest BCUT2D eigenvalue weighted by Crippen LogP contribution is 2.42. The molecule has 212 valence electrons. The van der Waals surface area contributed by atoms with Crippen molar-refractivity contribution in [3.05, 3.63) is 94.3 Å². The Morgan fingerprint density at radius 1 is 1.02 bits per heavy atom. The number of hydrogen-bond donors (Lipinski definition) is 2. The smallest absolute Gasteiger partial charge is 0.344 e. The van der Waals surface area contributed by atoms with E-state index < -0.39 is 17.9 Å². The Bertz CT molecular complexity index is 1400. The van der Waals surface area contributed by atoms with Crippen molar-refractivity contribution in [2.24, 2.45) is 0 Å². The highest BCUT2D eigenvalue weighted by atomic mass is 19.1. The number of carbonyl (C=O) groups excluding carboxylic acids is 1. The normalized spacial score (nSPS) is 18.1. The van der Waals surface area contributed by atoms with Crippen LogP contribution in [-0.2, 0) is 16.8 Å². The lowest BCUT2D eigenvalue weighted by Gasteiger charge is -2.27. The Hall–Kier alpha value is -3.87. The molecule has 0 bridgehead atoms. The van der Waals surface area contributed by atoms with Crippen molar-refractivity contribution in [2.45, 2.75) is 84.5 Å². The fourth-order valence-electron chi connectivity index (χ4n) is 5.11. The summed E-state index contributed by atoms with van der Waals surface area (Å²) in [7, 11) is 0. The maximum absolute atomic E-state index is 14.3. The summed E-state index contributed by atoms with van der Waals surface area (Å²) in [6.07, 6.45) is -1.16. The number of carbonyl (C=O) groups is 2. The standard InChI is InChI=1S/C33H39FN2O4/c1-19-21(3)36(18-23-8-14-28(34)30(16-23)40-22(4)32(38)39)29-15-11-25(17-27(19)29)31(37)35-20(2)24-9-12-26(13-10-24)33(5,6)7/h8-17,19-22H,18H2,1-7H3,(H,35,37)(H,38,39)/t19?,20-,21?,22-/m0/s1. The van der Waals surface area contributed by atoms with Gasteiger partial charge in [0.25, 0.3) is 5.91 Å². The number of rotatable bonds is 8. The van der Waals surface area contributed by atoms with Crippen molar-refractivity contribution in [1.29, 1.82) is 0 Å². The van der Waals surface area contributed by atoms with Crippen molar-refractivity contribution in [2.75, 3.05) is 4.90 Å². The van der Waals surface area contributed by atoms with Crippen LogP contribution >= 0.6 is 0 Å². The molecule has 1 amide bonds. The monoisotopic (exact) mass is 546 g/mol. The summed E-state index contributed by atoms with van der Waals surface area (Å²) in [6.45, 7) is 14.6. The molecular weight excluding hydrogens is 507 g/mol. The number of halogens is 1. The summed E-state index contributed by atoms with van der Waals surface area (Å²) in [4.78, 5) is 26.6. The van der Waals surface area contributed by atoms with Gasteiger partial charge in [-0.15, -0.1) is 0 Å². The first kappa shape index (κ1) is 29.1. The fourth-order valence-corrected chi connectivity index (χ4v) is 5.11. The minimum Gasteiger partial charge on any atom is -0.479 e. The van der Waals surface area contributed by atoms with E-state index in [9.17, 15) is 14.0 Å². The third kappa shape index (κ3) is 6.14. The maximum Gasteiger partial charge on any atom is 0.344 e. The van der Waals surface area contributed by atoms with E-state index in [1.165, 1.54) is 18.6 Å². The Morgan fingerprint density at radius 3 is 2.33 bits per heavy atom. The van der Waals surface area contributed by atoms with E-state index in [-0.39, 0.29) is 35.1 Å². The second kappa shape index (κ2) is 11.3. The van der Waals surface area contributed by atoms with E-state index in [4.69, 9.17) is 9.84 Å². The topological polar surface area (TPSA) is 78.9 Å². The van der Waals surface area contributed by atoms with Gasteiger partial charge >= 0.3 is 5.97 Å². The van der Waals surface area contributed by atoms with Crippen LogP contribution < -0.4 is 15.0 Å². The van der Waals surface area contributed by atoms with Crippen molar-refractivity contribution in [3.63, 3.8) is 0 Å². The molecule has 1 heterocycles. The summed E-state index contributed by atoms with van der Waals surface area (Å²) < 4.78 is 19.6. The quantitative estimate of drug-likeness (QED) is 0.319. The lowest BCUT2D eigenvalue weighted by Crippen LogP contribution is -2.30. The van der Waals surface area contributed by atoms with Gasteiger partial charge in [0.15, 0.2) is 17.7 Å². The van der Waals surface area contributed by atoms with Gasteiger partial charge in [-0.25, -0.2) is 9.18 Å². The molecule has 40 heavy (non-hydrogen) atoms. The van der Waals surface area contributed by atoms with Crippen LogP contribution in [0.15, 0.2) is 60.7 Å². The summed E-state index contributed by atoms with van der Waals surface area (Å²) >= 11 is 0. The molecule has 0 saturated heterocycles. The molecule has 0 spiro atoms. The first-order valence-corrected chi connectivity index (χ1v) is 13.8. The Morgan fingerprint density at radius 2 is 1.70 bits per heavy atom. The van der Waals surface area contributed by atoms with Crippen molar-refractivity contribution in [3.8, 4) is 5.75 Å². The van der Waals surface area contributed by atoms with Gasteiger partial charge in [0.05, 0.1) is 6.04 Å². The SMILES string of the molecule is CC1c2cc(C(=O)N[C@@H](C)c3ccc(C(C)(C)C)cc3)ccc2N(Cc2ccc(F)c(O[C@@H](C)C(=O)O)c2)C1C. The Kier molecular flexibility index (Phi) is 8.24. The molecule has 3 aromatic carbocycles. The Balaban J connectivity index is 1.50. The highest BCUT2D eigenvalue weighted by Gasteiger charge is 2.33. The van der Waals surface area contributed by atoms with E-state index in [0.717, 1.165) is 22.4 Å². The largest absolute Gasteiger partial charge is 0.479 e. The zero-order valence-electron chi connectivity index (χ0n) is 24.3. The second-order valence-corrected chi connectivity index (χ2v) is 11.9. The van der Waals surface area contributed by atoms with Crippen molar-refractivity contribution < 1.29 is 23.8 Å². The van der Waals surface area contributed by atoms with E-state index in [1.54, 1.807) is 12.1 Å². The predicted octanol–water partition coefficient (Wildman–Crippen LogP) is 6.98. The van der Waals surface area contributed by atoms with Crippen LogP contribution in [-0.4, -0.2) is 29.1 Å². The molecule has 0 fully saturated rings. The molecule has 3 aromatic rings. The summed E-state index contributed by atoms with van der Waals surface area (Å²) in [5, 5.41) is 12.3. The molecule has 1 aliphatic rings. The average molecular weight is 547 g/mol. The van der Waals surface area contributed by atoms with E-state index >= 15 is 0 Å². The third-order valence-electron chi connectivity index (χ3n) is 7.93. The van der Waals surface area contributed by atoms with Crippen LogP contribution in [0.4, 0.5) is 10.1 Å². The minimum absolute atomic E-state index is 0.0723. The molecule has 2 N–H and O–H groups in total. The number of amides is 1. The van der Waals surface area contributed by atoms with E-state index in [2.05, 4.69) is 69.1 Å². The molecule has 1 aliphatic heterocycles. The number of fused-ring (bicyclic) bond motifs is 1. The fraction of sp³-hybridized carbons (Fsp3) is 0.394. The predicted molar refractivity (Wildman–Crippen MR) is 156 cm³/mol. The van der Waals surface area contributed by atoms with Gasteiger partial charge in [-0.1, -0.05) is 58.0 Å². The van der Waals surface area contributed by atoms with Crippen LogP contribution in [0.3, 0.4) is 0 Å². The number of nitrogens with one attached hydrogen (secondary N) is 1. The highest BCUT2D eigenvalue weighted by molar-refractivity contribution is 5.95. The van der Waals surface area contributed by atoms with Crippen LogP contribution in [0.25, 0.3) is 0 Å². The van der Waals surface area contributed by atoms with Crippen LogP contribution in [0.2, 0.25) is 0 Å². The van der Waals surface area contributed by atoms with Gasteiger partial charge in [-0.05, 0) is 78.8 Å². The Labute approximate surface area is 236 Å². The number of carboxylic acids is 1. The molecule has 7 heteroatoms. The van der Waals surface area contributed by atoms with Crippen molar-refractivity contribution >= 4 is 17.6 Å². The first-order chi connectivity index (χ1) is 18.8. The lowest BCUT2D eigenvalue weighted by molar-refractivity contribution is -0.144.